The Morgan fingerprint density at radius 2 is 2.47 bits per heavy atom. The van der Waals surface area contributed by atoms with Crippen molar-refractivity contribution in [2.45, 2.75) is 31.9 Å². The molecule has 0 saturated carbocycles. The quantitative estimate of drug-likeness (QED) is 0.727. The van der Waals surface area contributed by atoms with E-state index < -0.39 is 5.91 Å². The third kappa shape index (κ3) is 2.87. The Hall–Kier alpha value is -1.33. The zero-order chi connectivity index (χ0) is 12.3. The lowest BCUT2D eigenvalue weighted by Crippen LogP contribution is -2.20. The van der Waals surface area contributed by atoms with Crippen LogP contribution in [0.3, 0.4) is 0 Å². The molecule has 0 fully saturated rings. The van der Waals surface area contributed by atoms with Crippen LogP contribution in [0.25, 0.3) is 0 Å². The molecule has 1 amide bonds. The zero-order valence-corrected chi connectivity index (χ0v) is 9.76. The van der Waals surface area contributed by atoms with E-state index >= 15 is 0 Å². The third-order valence-corrected chi connectivity index (χ3v) is 3.08. The van der Waals surface area contributed by atoms with Crippen LogP contribution >= 0.6 is 0 Å². The van der Waals surface area contributed by atoms with Crippen molar-refractivity contribution in [3.05, 3.63) is 23.5 Å². The lowest BCUT2D eigenvalue weighted by molar-refractivity contribution is -0.122. The molecule has 1 aliphatic rings. The van der Waals surface area contributed by atoms with E-state index in [1.807, 2.05) is 12.3 Å². The van der Waals surface area contributed by atoms with Crippen molar-refractivity contribution in [2.24, 2.45) is 5.73 Å². The first-order valence-electron chi connectivity index (χ1n) is 5.90. The molecule has 0 bridgehead atoms. The van der Waals surface area contributed by atoms with E-state index in [2.05, 4.69) is 4.57 Å². The van der Waals surface area contributed by atoms with Gasteiger partial charge >= 0.3 is 0 Å². The highest BCUT2D eigenvalue weighted by molar-refractivity contribution is 5.74. The van der Waals surface area contributed by atoms with Gasteiger partial charge in [0.15, 0.2) is 0 Å². The number of nitrogens with two attached hydrogens (primary N) is 1. The molecule has 94 valence electrons. The van der Waals surface area contributed by atoms with Crippen LogP contribution in [-0.4, -0.2) is 28.8 Å². The molecule has 3 N–H and O–H groups in total. The van der Waals surface area contributed by atoms with E-state index in [0.717, 1.165) is 24.8 Å². The number of rotatable bonds is 5. The Kier molecular flexibility index (Phi) is 3.81. The summed E-state index contributed by atoms with van der Waals surface area (Å²) < 4.78 is 7.21. The van der Waals surface area contributed by atoms with Crippen LogP contribution in [0.5, 0.6) is 0 Å². The molecule has 5 nitrogen and oxygen atoms in total. The second-order valence-corrected chi connectivity index (χ2v) is 4.34. The molecule has 1 aliphatic carbocycles. The van der Waals surface area contributed by atoms with Gasteiger partial charge in [0.05, 0.1) is 12.7 Å². The van der Waals surface area contributed by atoms with Crippen molar-refractivity contribution < 1.29 is 14.6 Å². The number of hydrogen-bond acceptors (Lipinski definition) is 3. The first-order chi connectivity index (χ1) is 8.18. The van der Waals surface area contributed by atoms with Gasteiger partial charge in [0.25, 0.3) is 0 Å². The van der Waals surface area contributed by atoms with Crippen molar-refractivity contribution in [2.75, 3.05) is 13.2 Å². The molecule has 0 spiro atoms. The van der Waals surface area contributed by atoms with Gasteiger partial charge in [0, 0.05) is 24.0 Å². The van der Waals surface area contributed by atoms with Gasteiger partial charge in [-0.25, -0.2) is 0 Å². The molecule has 17 heavy (non-hydrogen) atoms. The number of carbonyl (C=O) groups is 1. The molecule has 5 heteroatoms. The second-order valence-electron chi connectivity index (χ2n) is 4.34. The van der Waals surface area contributed by atoms with Crippen molar-refractivity contribution in [1.29, 1.82) is 0 Å². The summed E-state index contributed by atoms with van der Waals surface area (Å²) >= 11 is 0. The lowest BCUT2D eigenvalue weighted by Gasteiger charge is -2.20. The Balaban J connectivity index is 1.91. The number of ether oxygens (including phenoxy) is 1. The Morgan fingerprint density at radius 1 is 1.65 bits per heavy atom. The normalized spacial score (nSPS) is 19.0. The lowest BCUT2D eigenvalue weighted by atomic mass is 9.95. The highest BCUT2D eigenvalue weighted by Crippen LogP contribution is 2.30. The second kappa shape index (κ2) is 5.33. The first-order valence-corrected chi connectivity index (χ1v) is 5.90. The zero-order valence-electron chi connectivity index (χ0n) is 9.76. The maximum absolute atomic E-state index is 10.5. The number of amides is 1. The van der Waals surface area contributed by atoms with Gasteiger partial charge in [-0.2, -0.15) is 0 Å². The van der Waals surface area contributed by atoms with E-state index in [9.17, 15) is 9.90 Å². The number of aliphatic hydroxyl groups is 1. The topological polar surface area (TPSA) is 77.5 Å². The standard InChI is InChI=1S/C12H18N2O3/c13-12(16)8-17-7-6-14-5-4-9-10(14)2-1-3-11(9)15/h4-5,11,15H,1-3,6-8H2,(H2,13,16). The van der Waals surface area contributed by atoms with Crippen molar-refractivity contribution >= 4 is 5.91 Å². The summed E-state index contributed by atoms with van der Waals surface area (Å²) in [6.07, 6.45) is 4.49. The fourth-order valence-corrected chi connectivity index (χ4v) is 2.28. The average molecular weight is 238 g/mol. The molecule has 2 rings (SSSR count). The van der Waals surface area contributed by atoms with Crippen LogP contribution in [0.2, 0.25) is 0 Å². The van der Waals surface area contributed by atoms with E-state index in [-0.39, 0.29) is 12.7 Å². The average Bonchev–Trinajstić information content (AvgIpc) is 2.69. The highest BCUT2D eigenvalue weighted by atomic mass is 16.5. The predicted molar refractivity (Wildman–Crippen MR) is 62.3 cm³/mol. The summed E-state index contributed by atoms with van der Waals surface area (Å²) in [5.41, 5.74) is 7.20. The van der Waals surface area contributed by atoms with Gasteiger partial charge in [-0.15, -0.1) is 0 Å². The summed E-state index contributed by atoms with van der Waals surface area (Å²) in [4.78, 5) is 10.5. The molecule has 1 unspecified atom stereocenters. The third-order valence-electron chi connectivity index (χ3n) is 3.08. The molecule has 1 aromatic rings. The Labute approximate surface area is 100 Å². The minimum atomic E-state index is -0.449. The number of aromatic nitrogens is 1. The van der Waals surface area contributed by atoms with Crippen LogP contribution < -0.4 is 5.73 Å². The molecule has 1 heterocycles. The number of carbonyl (C=O) groups excluding carboxylic acids is 1. The smallest absolute Gasteiger partial charge is 0.243 e. The van der Waals surface area contributed by atoms with Crippen molar-refractivity contribution in [3.63, 3.8) is 0 Å². The SMILES string of the molecule is NC(=O)COCCn1ccc2c1CCCC2O. The van der Waals surface area contributed by atoms with E-state index in [4.69, 9.17) is 10.5 Å². The Morgan fingerprint density at radius 3 is 3.24 bits per heavy atom. The number of primary amides is 1. The van der Waals surface area contributed by atoms with Gasteiger partial charge in [-0.05, 0) is 25.3 Å². The predicted octanol–water partition coefficient (Wildman–Crippen LogP) is 0.360. The molecule has 0 aromatic carbocycles. The summed E-state index contributed by atoms with van der Waals surface area (Å²) in [7, 11) is 0. The number of fused-ring (bicyclic) bond motifs is 1. The fourth-order valence-electron chi connectivity index (χ4n) is 2.28. The summed E-state index contributed by atoms with van der Waals surface area (Å²) in [6, 6.07) is 1.97. The van der Waals surface area contributed by atoms with Crippen LogP contribution in [0.4, 0.5) is 0 Å². The number of aliphatic hydroxyl groups excluding tert-OH is 1. The Bertz CT molecular complexity index is 400. The van der Waals surface area contributed by atoms with Crippen molar-refractivity contribution in [1.82, 2.24) is 4.57 Å². The highest BCUT2D eigenvalue weighted by Gasteiger charge is 2.20. The van der Waals surface area contributed by atoms with E-state index in [0.29, 0.717) is 13.2 Å². The van der Waals surface area contributed by atoms with Crippen LogP contribution in [-0.2, 0) is 22.5 Å². The first kappa shape index (κ1) is 12.1. The number of nitrogens with zero attached hydrogens (tertiary/aromatic N) is 1. The number of hydrogen-bond donors (Lipinski definition) is 2. The molecule has 0 saturated heterocycles. The molecular weight excluding hydrogens is 220 g/mol. The van der Waals surface area contributed by atoms with Gasteiger partial charge in [-0.3, -0.25) is 4.79 Å². The summed E-state index contributed by atoms with van der Waals surface area (Å²) in [6.45, 7) is 1.11. The molecule has 1 aromatic heterocycles. The largest absolute Gasteiger partial charge is 0.388 e. The fraction of sp³-hybridized carbons (Fsp3) is 0.583. The summed E-state index contributed by atoms with van der Waals surface area (Å²) in [5, 5.41) is 9.81. The maximum atomic E-state index is 10.5. The minimum Gasteiger partial charge on any atom is -0.388 e. The van der Waals surface area contributed by atoms with E-state index in [1.54, 1.807) is 0 Å². The van der Waals surface area contributed by atoms with Gasteiger partial charge < -0.3 is 20.1 Å². The van der Waals surface area contributed by atoms with Gasteiger partial charge in [0.1, 0.15) is 6.61 Å². The summed E-state index contributed by atoms with van der Waals surface area (Å²) in [5.74, 6) is -0.449. The molecule has 1 atom stereocenters. The van der Waals surface area contributed by atoms with Crippen LogP contribution in [0.1, 0.15) is 30.2 Å². The van der Waals surface area contributed by atoms with E-state index in [1.165, 1.54) is 5.69 Å². The van der Waals surface area contributed by atoms with Crippen LogP contribution in [0.15, 0.2) is 12.3 Å². The maximum Gasteiger partial charge on any atom is 0.243 e. The van der Waals surface area contributed by atoms with Crippen molar-refractivity contribution in [3.8, 4) is 0 Å². The van der Waals surface area contributed by atoms with Gasteiger partial charge in [-0.1, -0.05) is 0 Å². The molecule has 0 aliphatic heterocycles. The van der Waals surface area contributed by atoms with Gasteiger partial charge in [0.2, 0.25) is 5.91 Å². The minimum absolute atomic E-state index is 0.0356. The monoisotopic (exact) mass is 238 g/mol. The molecular formula is C12H18N2O3. The van der Waals surface area contributed by atoms with Crippen LogP contribution in [0, 0.1) is 0 Å². The molecule has 0 radical (unpaired) electrons.